The number of amides is 2. The SMILES string of the molecule is Cc1nc(N)sc1CC(=O)N[C@@H]1C(=O)N2C(C(=O)O)=C(Sc3nncs3)CS[C@H]12. The van der Waals surface area contributed by atoms with E-state index >= 15 is 0 Å². The number of carboxylic acids is 1. The largest absolute Gasteiger partial charge is 0.477 e. The van der Waals surface area contributed by atoms with Crippen molar-refractivity contribution in [1.82, 2.24) is 25.4 Å². The molecule has 2 aliphatic rings. The number of fused-ring (bicyclic) bond motifs is 1. The number of thioether (sulfide) groups is 2. The van der Waals surface area contributed by atoms with Crippen molar-refractivity contribution >= 4 is 69.1 Å². The zero-order valence-electron chi connectivity index (χ0n) is 14.8. The maximum absolute atomic E-state index is 12.7. The van der Waals surface area contributed by atoms with E-state index in [1.165, 1.54) is 51.1 Å². The van der Waals surface area contributed by atoms with Crippen LogP contribution in [0.4, 0.5) is 5.13 Å². The Morgan fingerprint density at radius 2 is 2.28 bits per heavy atom. The van der Waals surface area contributed by atoms with E-state index < -0.39 is 23.3 Å². The van der Waals surface area contributed by atoms with Crippen LogP contribution in [0.5, 0.6) is 0 Å². The maximum Gasteiger partial charge on any atom is 0.353 e. The number of nitrogens with two attached hydrogens (primary N) is 1. The standard InChI is InChI=1S/C15H14N6O4S4/c1-5-6(28-14(16)18-5)2-8(22)19-9-11(23)21-10(13(24)25)7(3-26-12(9)21)29-15-20-17-4-27-15/h4,9,12H,2-3H2,1H3,(H2,16,18)(H,19,22)(H,24,25)/t9-,12-/m1/s1. The van der Waals surface area contributed by atoms with E-state index in [0.29, 0.717) is 25.8 Å². The number of carbonyl (C=O) groups is 3. The van der Waals surface area contributed by atoms with E-state index in [1.54, 1.807) is 12.4 Å². The highest BCUT2D eigenvalue weighted by atomic mass is 32.2. The van der Waals surface area contributed by atoms with E-state index in [-0.39, 0.29) is 18.0 Å². The normalized spacial score (nSPS) is 21.0. The number of β-lactam (4-membered cyclic amide) rings is 1. The lowest BCUT2D eigenvalue weighted by Crippen LogP contribution is -2.70. The molecule has 2 aromatic heterocycles. The first kappa shape index (κ1) is 20.1. The quantitative estimate of drug-likeness (QED) is 0.520. The van der Waals surface area contributed by atoms with Gasteiger partial charge in [0, 0.05) is 15.5 Å². The number of nitrogens with one attached hydrogen (secondary N) is 1. The number of aliphatic carboxylic acids is 1. The molecule has 0 spiro atoms. The molecule has 152 valence electrons. The Labute approximate surface area is 181 Å². The van der Waals surface area contributed by atoms with E-state index in [4.69, 9.17) is 5.73 Å². The van der Waals surface area contributed by atoms with Gasteiger partial charge in [-0.3, -0.25) is 14.5 Å². The van der Waals surface area contributed by atoms with Crippen LogP contribution in [0.3, 0.4) is 0 Å². The van der Waals surface area contributed by atoms with Crippen LogP contribution in [0.15, 0.2) is 20.5 Å². The van der Waals surface area contributed by atoms with Crippen LogP contribution in [0.25, 0.3) is 0 Å². The third-order valence-corrected chi connectivity index (χ3v) is 8.54. The Balaban J connectivity index is 1.47. The molecule has 2 atom stereocenters. The first-order chi connectivity index (χ1) is 13.8. The van der Waals surface area contributed by atoms with Crippen molar-refractivity contribution in [2.24, 2.45) is 0 Å². The first-order valence-corrected chi connectivity index (χ1v) is 11.8. The van der Waals surface area contributed by atoms with Crippen molar-refractivity contribution in [1.29, 1.82) is 0 Å². The van der Waals surface area contributed by atoms with Crippen LogP contribution >= 0.6 is 46.2 Å². The summed E-state index contributed by atoms with van der Waals surface area (Å²) in [7, 11) is 0. The number of nitrogen functional groups attached to an aromatic ring is 1. The number of carbonyl (C=O) groups excluding carboxylic acids is 2. The first-order valence-electron chi connectivity index (χ1n) is 8.21. The second kappa shape index (κ2) is 7.93. The number of thiazole rings is 1. The summed E-state index contributed by atoms with van der Waals surface area (Å²) < 4.78 is 0.606. The van der Waals surface area contributed by atoms with E-state index in [1.807, 2.05) is 0 Å². The van der Waals surface area contributed by atoms with E-state index in [2.05, 4.69) is 20.5 Å². The number of carboxylic acid groups (broad SMARTS) is 1. The average Bonchev–Trinajstić information content (AvgIpc) is 3.28. The second-order valence-corrected chi connectivity index (χ2v) is 10.5. The summed E-state index contributed by atoms with van der Waals surface area (Å²) in [6.07, 6.45) is 0.0711. The fourth-order valence-corrected chi connectivity index (χ4v) is 6.92. The van der Waals surface area contributed by atoms with Gasteiger partial charge < -0.3 is 16.2 Å². The summed E-state index contributed by atoms with van der Waals surface area (Å²) in [6.45, 7) is 1.77. The molecule has 10 nitrogen and oxygen atoms in total. The van der Waals surface area contributed by atoms with Crippen molar-refractivity contribution in [3.8, 4) is 0 Å². The number of hydrogen-bond acceptors (Lipinski definition) is 11. The smallest absolute Gasteiger partial charge is 0.353 e. The molecule has 4 heterocycles. The Bertz CT molecular complexity index is 1020. The van der Waals surface area contributed by atoms with Gasteiger partial charge in [-0.2, -0.15) is 0 Å². The van der Waals surface area contributed by atoms with Gasteiger partial charge in [0.1, 0.15) is 22.6 Å². The van der Waals surface area contributed by atoms with Crippen molar-refractivity contribution in [2.75, 3.05) is 11.5 Å². The summed E-state index contributed by atoms with van der Waals surface area (Å²) in [5.41, 5.74) is 7.83. The summed E-state index contributed by atoms with van der Waals surface area (Å²) in [5, 5.41) is 20.0. The Morgan fingerprint density at radius 1 is 1.48 bits per heavy atom. The highest BCUT2D eigenvalue weighted by Gasteiger charge is 2.54. The lowest BCUT2D eigenvalue weighted by Gasteiger charge is -2.49. The fraction of sp³-hybridized carbons (Fsp3) is 0.333. The van der Waals surface area contributed by atoms with Crippen molar-refractivity contribution < 1.29 is 19.5 Å². The minimum atomic E-state index is -1.18. The Kier molecular flexibility index (Phi) is 5.50. The Morgan fingerprint density at radius 3 is 2.90 bits per heavy atom. The van der Waals surface area contributed by atoms with Crippen molar-refractivity contribution in [3.63, 3.8) is 0 Å². The molecule has 1 fully saturated rings. The molecule has 2 aromatic rings. The summed E-state index contributed by atoms with van der Waals surface area (Å²) in [6, 6.07) is -0.763. The van der Waals surface area contributed by atoms with Gasteiger partial charge in [-0.25, -0.2) is 9.78 Å². The van der Waals surface area contributed by atoms with Crippen molar-refractivity contribution in [2.45, 2.75) is 29.1 Å². The monoisotopic (exact) mass is 470 g/mol. The lowest BCUT2D eigenvalue weighted by molar-refractivity contribution is -0.150. The number of rotatable bonds is 6. The van der Waals surface area contributed by atoms with Gasteiger partial charge in [0.15, 0.2) is 9.47 Å². The van der Waals surface area contributed by atoms with Gasteiger partial charge in [-0.15, -0.1) is 33.3 Å². The highest BCUT2D eigenvalue weighted by Crippen LogP contribution is 2.45. The third-order valence-electron chi connectivity index (χ3n) is 4.23. The molecule has 2 aliphatic heterocycles. The van der Waals surface area contributed by atoms with Gasteiger partial charge in [-0.05, 0) is 6.92 Å². The highest BCUT2D eigenvalue weighted by molar-refractivity contribution is 8.07. The predicted octanol–water partition coefficient (Wildman–Crippen LogP) is 0.916. The zero-order valence-corrected chi connectivity index (χ0v) is 18.1. The molecule has 0 radical (unpaired) electrons. The number of aromatic nitrogens is 3. The van der Waals surface area contributed by atoms with Crippen LogP contribution in [0.1, 0.15) is 10.6 Å². The molecule has 0 saturated carbocycles. The number of anilines is 1. The summed E-state index contributed by atoms with van der Waals surface area (Å²) in [4.78, 5) is 43.5. The van der Waals surface area contributed by atoms with Crippen LogP contribution in [0.2, 0.25) is 0 Å². The third kappa shape index (κ3) is 3.84. The van der Waals surface area contributed by atoms with Gasteiger partial charge in [-0.1, -0.05) is 23.1 Å². The van der Waals surface area contributed by atoms with Crippen LogP contribution in [-0.2, 0) is 20.8 Å². The van der Waals surface area contributed by atoms with Crippen LogP contribution < -0.4 is 11.1 Å². The molecule has 1 saturated heterocycles. The molecule has 2 amide bonds. The van der Waals surface area contributed by atoms with E-state index in [9.17, 15) is 19.5 Å². The number of nitrogens with zero attached hydrogens (tertiary/aromatic N) is 4. The van der Waals surface area contributed by atoms with Gasteiger partial charge >= 0.3 is 5.97 Å². The van der Waals surface area contributed by atoms with Gasteiger partial charge in [0.05, 0.1) is 12.1 Å². The lowest BCUT2D eigenvalue weighted by atomic mass is 10.0. The molecule has 4 rings (SSSR count). The molecular formula is C15H14N6O4S4. The molecule has 4 N–H and O–H groups in total. The second-order valence-electron chi connectivity index (χ2n) is 6.08. The topological polar surface area (TPSA) is 151 Å². The fourth-order valence-electron chi connectivity index (χ4n) is 2.97. The number of hydrogen-bond donors (Lipinski definition) is 3. The predicted molar refractivity (Wildman–Crippen MR) is 110 cm³/mol. The van der Waals surface area contributed by atoms with Crippen LogP contribution in [0, 0.1) is 6.92 Å². The molecule has 0 unspecified atom stereocenters. The molecular weight excluding hydrogens is 456 g/mol. The molecule has 29 heavy (non-hydrogen) atoms. The molecule has 0 bridgehead atoms. The van der Waals surface area contributed by atoms with Gasteiger partial charge in [0.2, 0.25) is 5.91 Å². The van der Waals surface area contributed by atoms with E-state index in [0.717, 1.165) is 4.88 Å². The minimum absolute atomic E-state index is 0.0597. The maximum atomic E-state index is 12.7. The summed E-state index contributed by atoms with van der Waals surface area (Å²) >= 11 is 5.13. The molecule has 0 aliphatic carbocycles. The van der Waals surface area contributed by atoms with Gasteiger partial charge in [0.25, 0.3) is 5.91 Å². The van der Waals surface area contributed by atoms with Crippen LogP contribution in [-0.4, -0.2) is 60.1 Å². The summed E-state index contributed by atoms with van der Waals surface area (Å²) in [5.74, 6) is -1.55. The minimum Gasteiger partial charge on any atom is -0.477 e. The molecule has 0 aromatic carbocycles. The zero-order chi connectivity index (χ0) is 20.7. The average molecular weight is 471 g/mol. The number of aryl methyl sites for hydroxylation is 1. The van der Waals surface area contributed by atoms with Crippen molar-refractivity contribution in [3.05, 3.63) is 26.7 Å². The Hall–Kier alpha value is -2.16. The molecule has 14 heteroatoms.